The van der Waals surface area contributed by atoms with E-state index in [1.165, 1.54) is 12.1 Å². The maximum Gasteiger partial charge on any atom is 0.260 e. The number of amides is 1. The average molecular weight is 562 g/mol. The van der Waals surface area contributed by atoms with E-state index in [9.17, 15) is 14.4 Å². The van der Waals surface area contributed by atoms with Crippen LogP contribution in [0, 0.1) is 17.1 Å². The van der Waals surface area contributed by atoms with Crippen LogP contribution in [0.5, 0.6) is 5.88 Å². The zero-order chi connectivity index (χ0) is 28.9. The van der Waals surface area contributed by atoms with Crippen molar-refractivity contribution in [3.63, 3.8) is 0 Å². The van der Waals surface area contributed by atoms with Gasteiger partial charge < -0.3 is 19.1 Å². The fourth-order valence-electron chi connectivity index (χ4n) is 5.32. The van der Waals surface area contributed by atoms with E-state index in [-0.39, 0.29) is 17.5 Å². The molecule has 0 bridgehead atoms. The van der Waals surface area contributed by atoms with Crippen LogP contribution >= 0.6 is 11.6 Å². The molecule has 0 fully saturated rings. The molecule has 0 saturated heterocycles. The number of halogens is 2. The van der Waals surface area contributed by atoms with E-state index in [0.717, 1.165) is 0 Å². The minimum atomic E-state index is -0.670. The average Bonchev–Trinajstić information content (AvgIpc) is 3.42. The van der Waals surface area contributed by atoms with E-state index in [1.807, 2.05) is 52.0 Å². The van der Waals surface area contributed by atoms with E-state index in [4.69, 9.17) is 16.3 Å². The van der Waals surface area contributed by atoms with Gasteiger partial charge in [0.15, 0.2) is 0 Å². The molecule has 1 atom stereocenters. The Morgan fingerprint density at radius 3 is 2.60 bits per heavy atom. The number of carbonyl (C=O) groups is 1. The molecule has 206 valence electrons. The van der Waals surface area contributed by atoms with Crippen molar-refractivity contribution in [2.75, 3.05) is 39.7 Å². The molecule has 4 heterocycles. The van der Waals surface area contributed by atoms with Gasteiger partial charge in [0, 0.05) is 45.3 Å². The zero-order valence-corrected chi connectivity index (χ0v) is 23.9. The van der Waals surface area contributed by atoms with Gasteiger partial charge >= 0.3 is 0 Å². The number of nitriles is 1. The number of rotatable bonds is 6. The Morgan fingerprint density at radius 2 is 2.00 bits per heavy atom. The van der Waals surface area contributed by atoms with Gasteiger partial charge in [-0.05, 0) is 43.7 Å². The first-order valence-corrected chi connectivity index (χ1v) is 13.1. The van der Waals surface area contributed by atoms with Crippen molar-refractivity contribution in [2.45, 2.75) is 25.9 Å². The van der Waals surface area contributed by atoms with E-state index >= 15 is 0 Å². The van der Waals surface area contributed by atoms with E-state index in [0.29, 0.717) is 57.2 Å². The van der Waals surface area contributed by atoms with Crippen LogP contribution in [0.25, 0.3) is 11.3 Å². The van der Waals surface area contributed by atoms with Crippen LogP contribution in [0.15, 0.2) is 53.5 Å². The minimum absolute atomic E-state index is 0.0646. The molecule has 0 radical (unpaired) electrons. The van der Waals surface area contributed by atoms with Gasteiger partial charge in [-0.15, -0.1) is 0 Å². The van der Waals surface area contributed by atoms with Crippen LogP contribution in [0.4, 0.5) is 10.3 Å². The molecule has 0 aliphatic carbocycles. The quantitative estimate of drug-likeness (QED) is 0.415. The van der Waals surface area contributed by atoms with Crippen molar-refractivity contribution in [2.24, 2.45) is 0 Å². The lowest BCUT2D eigenvalue weighted by atomic mass is 10.0. The summed E-state index contributed by atoms with van der Waals surface area (Å²) in [4.78, 5) is 28.6. The maximum atomic E-state index is 15.0. The summed E-state index contributed by atoms with van der Waals surface area (Å²) in [6.07, 6.45) is 5.23. The second-order valence-corrected chi connectivity index (χ2v) is 10.7. The Morgan fingerprint density at radius 1 is 1.25 bits per heavy atom. The summed E-state index contributed by atoms with van der Waals surface area (Å²) in [5, 5.41) is 9.80. The van der Waals surface area contributed by atoms with E-state index in [1.54, 1.807) is 41.4 Å². The summed E-state index contributed by atoms with van der Waals surface area (Å²) >= 11 is 6.40. The molecule has 1 amide bonds. The van der Waals surface area contributed by atoms with Crippen LogP contribution in [0.2, 0.25) is 0 Å². The Kier molecular flexibility index (Phi) is 7.02. The second-order valence-electron chi connectivity index (χ2n) is 10.3. The number of hydrogen-bond acceptors (Lipinski definition) is 7. The largest absolute Gasteiger partial charge is 0.480 e. The number of anilines is 1. The highest BCUT2D eigenvalue weighted by molar-refractivity contribution is 6.31. The van der Waals surface area contributed by atoms with Gasteiger partial charge in [0.05, 0.1) is 46.8 Å². The van der Waals surface area contributed by atoms with Crippen LogP contribution in [-0.4, -0.2) is 65.0 Å². The molecular weight excluding hydrogens is 533 g/mol. The van der Waals surface area contributed by atoms with Crippen molar-refractivity contribution < 1.29 is 13.9 Å². The number of carbonyl (C=O) groups excluding carboxylic acids is 1. The first-order valence-electron chi connectivity index (χ1n) is 12.7. The van der Waals surface area contributed by atoms with Crippen LogP contribution in [0.3, 0.4) is 0 Å². The number of benzene rings is 1. The molecule has 2 aliphatic heterocycles. The molecule has 5 rings (SSSR count). The Bertz CT molecular complexity index is 1620. The lowest BCUT2D eigenvalue weighted by Gasteiger charge is -2.33. The fourth-order valence-corrected chi connectivity index (χ4v) is 5.61. The Hall–Kier alpha value is -4.36. The summed E-state index contributed by atoms with van der Waals surface area (Å²) in [7, 11) is 7.09. The smallest absolute Gasteiger partial charge is 0.260 e. The summed E-state index contributed by atoms with van der Waals surface area (Å²) in [5.41, 5.74) is 3.67. The van der Waals surface area contributed by atoms with Gasteiger partial charge in [-0.3, -0.25) is 9.69 Å². The zero-order valence-electron chi connectivity index (χ0n) is 23.1. The molecule has 2 aromatic heterocycles. The molecule has 1 unspecified atom stereocenters. The number of hydrogen-bond donors (Lipinski definition) is 0. The molecule has 0 spiro atoms. The highest BCUT2D eigenvalue weighted by Gasteiger charge is 2.45. The number of fused-ring (bicyclic) bond motifs is 1. The third-order valence-corrected chi connectivity index (χ3v) is 7.17. The summed E-state index contributed by atoms with van der Waals surface area (Å²) in [6, 6.07) is 7.40. The van der Waals surface area contributed by atoms with Gasteiger partial charge in [-0.2, -0.15) is 10.2 Å². The van der Waals surface area contributed by atoms with E-state index in [2.05, 4.69) is 14.5 Å². The lowest BCUT2D eigenvalue weighted by Crippen LogP contribution is -2.35. The van der Waals surface area contributed by atoms with Gasteiger partial charge in [-0.1, -0.05) is 17.7 Å². The lowest BCUT2D eigenvalue weighted by molar-refractivity contribution is 0.0793. The third kappa shape index (κ3) is 4.46. The highest BCUT2D eigenvalue weighted by atomic mass is 35.5. The van der Waals surface area contributed by atoms with E-state index < -0.39 is 11.9 Å². The predicted octanol–water partition coefficient (Wildman–Crippen LogP) is 5.07. The molecule has 0 N–H and O–H groups in total. The molecule has 11 heteroatoms. The third-order valence-electron chi connectivity index (χ3n) is 6.97. The van der Waals surface area contributed by atoms with Crippen molar-refractivity contribution in [1.29, 1.82) is 5.26 Å². The number of aromatic nitrogens is 3. The summed E-state index contributed by atoms with van der Waals surface area (Å²) < 4.78 is 22.7. The molecule has 1 aromatic carbocycles. The Labute approximate surface area is 237 Å². The normalized spacial score (nSPS) is 16.6. The van der Waals surface area contributed by atoms with Crippen molar-refractivity contribution >= 4 is 23.5 Å². The fraction of sp³-hybridized carbons (Fsp3) is 0.310. The standard InChI is InChI=1S/C29H29ClFN7O2/c1-16(2)37-24(22-13-33-29(35(3)4)34-27(22)40-6)11-21-26(37)25(17-7-8-18(12-32)23(31)9-17)38(28(21)39)20-10-19(30)14-36(5)15-20/h7-11,13-14,16,25H,15H2,1-6H3. The van der Waals surface area contributed by atoms with Gasteiger partial charge in [0.1, 0.15) is 17.9 Å². The van der Waals surface area contributed by atoms with Gasteiger partial charge in [0.25, 0.3) is 5.91 Å². The summed E-state index contributed by atoms with van der Waals surface area (Å²) in [5.74, 6) is -0.0233. The Balaban J connectivity index is 1.77. The maximum absolute atomic E-state index is 15.0. The van der Waals surface area contributed by atoms with Crippen molar-refractivity contribution in [1.82, 2.24) is 24.3 Å². The van der Waals surface area contributed by atoms with Crippen LogP contribution < -0.4 is 9.64 Å². The van der Waals surface area contributed by atoms with Gasteiger partial charge in [0.2, 0.25) is 11.8 Å². The number of methoxy groups -OCH3 is 1. The highest BCUT2D eigenvalue weighted by Crippen LogP contribution is 2.47. The van der Waals surface area contributed by atoms with Crippen molar-refractivity contribution in [3.8, 4) is 23.2 Å². The monoisotopic (exact) mass is 561 g/mol. The predicted molar refractivity (Wildman–Crippen MR) is 150 cm³/mol. The molecule has 3 aromatic rings. The van der Waals surface area contributed by atoms with Crippen LogP contribution in [-0.2, 0) is 0 Å². The van der Waals surface area contributed by atoms with Gasteiger partial charge in [-0.25, -0.2) is 9.37 Å². The molecule has 9 nitrogen and oxygen atoms in total. The number of nitrogens with zero attached hydrogens (tertiary/aromatic N) is 7. The number of ether oxygens (including phenoxy) is 1. The topological polar surface area (TPSA) is 90.5 Å². The molecular formula is C29H29ClFN7O2. The minimum Gasteiger partial charge on any atom is -0.480 e. The SMILES string of the molecule is COc1nc(N(C)C)ncc1-c1cc2c(n1C(C)C)C(c1ccc(C#N)c(F)c1)N(C1=CC(Cl)=CN(C)C1)C2=O. The molecule has 2 aliphatic rings. The van der Waals surface area contributed by atoms with Crippen LogP contribution in [0.1, 0.15) is 53.1 Å². The first kappa shape index (κ1) is 27.2. The molecule has 0 saturated carbocycles. The number of allylic oxidation sites excluding steroid dienone is 2. The number of likely N-dealkylation sites (N-methyl/N-ethyl adjacent to an activating group) is 1. The first-order chi connectivity index (χ1) is 19.0. The van der Waals surface area contributed by atoms with Crippen molar-refractivity contribution in [3.05, 3.63) is 81.7 Å². The summed E-state index contributed by atoms with van der Waals surface area (Å²) in [6.45, 7) is 4.47. The second kappa shape index (κ2) is 10.3. The molecule has 40 heavy (non-hydrogen) atoms.